The molecule has 0 aliphatic carbocycles. The lowest BCUT2D eigenvalue weighted by Gasteiger charge is -2.41. The molecule has 3 rings (SSSR count). The number of nitrogens with zero attached hydrogens (tertiary/aromatic N) is 3. The number of piperidine rings is 1. The molecular weight excluding hydrogens is 309 g/mol. The van der Waals surface area contributed by atoms with Crippen molar-refractivity contribution in [3.05, 3.63) is 24.0 Å². The van der Waals surface area contributed by atoms with E-state index in [1.165, 1.54) is 12.1 Å². The van der Waals surface area contributed by atoms with Crippen molar-refractivity contribution in [3.8, 4) is 0 Å². The van der Waals surface area contributed by atoms with Gasteiger partial charge in [-0.15, -0.1) is 0 Å². The number of benzene rings is 1. The van der Waals surface area contributed by atoms with Crippen LogP contribution in [-0.2, 0) is 9.59 Å². The van der Waals surface area contributed by atoms with Crippen LogP contribution in [0.3, 0.4) is 0 Å². The summed E-state index contributed by atoms with van der Waals surface area (Å²) in [5.41, 5.74) is 1.45. The Morgan fingerprint density at radius 1 is 1.17 bits per heavy atom. The van der Waals surface area contributed by atoms with Gasteiger partial charge in [0.25, 0.3) is 0 Å². The molecule has 130 valence electrons. The van der Waals surface area contributed by atoms with Crippen molar-refractivity contribution in [3.63, 3.8) is 0 Å². The van der Waals surface area contributed by atoms with Crippen LogP contribution in [0.2, 0.25) is 0 Å². The van der Waals surface area contributed by atoms with Crippen LogP contribution in [0.1, 0.15) is 32.6 Å². The third-order valence-electron chi connectivity index (χ3n) is 4.98. The molecule has 0 radical (unpaired) electrons. The maximum atomic E-state index is 13.7. The second-order valence-electron chi connectivity index (χ2n) is 6.50. The number of likely N-dealkylation sites (N-methyl/N-ethyl adjacent to an activating group) is 1. The van der Waals surface area contributed by atoms with E-state index in [-0.39, 0.29) is 17.6 Å². The van der Waals surface area contributed by atoms with E-state index in [4.69, 9.17) is 0 Å². The second-order valence-corrected chi connectivity index (χ2v) is 6.50. The molecule has 0 aromatic heterocycles. The van der Waals surface area contributed by atoms with Crippen LogP contribution in [0.4, 0.5) is 15.8 Å². The van der Waals surface area contributed by atoms with Gasteiger partial charge in [0.15, 0.2) is 0 Å². The minimum absolute atomic E-state index is 0.0154. The number of fused-ring (bicyclic) bond motifs is 1. The third-order valence-corrected chi connectivity index (χ3v) is 4.98. The Morgan fingerprint density at radius 3 is 2.71 bits per heavy atom. The van der Waals surface area contributed by atoms with Crippen molar-refractivity contribution in [2.75, 3.05) is 36.5 Å². The van der Waals surface area contributed by atoms with Crippen molar-refractivity contribution in [1.29, 1.82) is 0 Å². The van der Waals surface area contributed by atoms with E-state index >= 15 is 0 Å². The summed E-state index contributed by atoms with van der Waals surface area (Å²) in [6.07, 6.45) is 2.95. The molecular formula is C18H24FN3O2. The molecule has 0 unspecified atom stereocenters. The van der Waals surface area contributed by atoms with Crippen molar-refractivity contribution in [2.45, 2.75) is 38.6 Å². The van der Waals surface area contributed by atoms with Crippen molar-refractivity contribution < 1.29 is 14.0 Å². The summed E-state index contributed by atoms with van der Waals surface area (Å²) in [5, 5.41) is 0. The zero-order valence-electron chi connectivity index (χ0n) is 14.3. The Hall–Kier alpha value is -2.11. The lowest BCUT2D eigenvalue weighted by atomic mass is 9.99. The zero-order chi connectivity index (χ0) is 17.3. The largest absolute Gasteiger partial charge is 0.371 e. The maximum Gasteiger partial charge on any atom is 0.249 e. The fourth-order valence-corrected chi connectivity index (χ4v) is 3.63. The summed E-state index contributed by atoms with van der Waals surface area (Å²) < 4.78 is 13.7. The standard InChI is InChI=1S/C18H24FN3O2/c1-3-17(23)21-9-5-4-6-15(21)18(24)22-11-10-20(2)14-8-7-13(19)12-16(14)22/h7-8,12,15H,3-6,9-11H2,1-2H3/t15-/m1/s1. The number of carbonyl (C=O) groups excluding carboxylic acids is 2. The summed E-state index contributed by atoms with van der Waals surface area (Å²) >= 11 is 0. The van der Waals surface area contributed by atoms with E-state index in [2.05, 4.69) is 0 Å². The Bertz CT molecular complexity index is 649. The number of rotatable bonds is 2. The first kappa shape index (κ1) is 16.7. The molecule has 1 saturated heterocycles. The molecule has 1 aromatic rings. The number of hydrogen-bond acceptors (Lipinski definition) is 3. The van der Waals surface area contributed by atoms with Gasteiger partial charge in [0.05, 0.1) is 11.4 Å². The van der Waals surface area contributed by atoms with Crippen molar-refractivity contribution in [1.82, 2.24) is 4.90 Å². The Morgan fingerprint density at radius 2 is 1.96 bits per heavy atom. The fraction of sp³-hybridized carbons (Fsp3) is 0.556. The molecule has 0 saturated carbocycles. The third kappa shape index (κ3) is 2.97. The van der Waals surface area contributed by atoms with Crippen LogP contribution in [0.15, 0.2) is 18.2 Å². The van der Waals surface area contributed by atoms with Crippen LogP contribution in [0, 0.1) is 5.82 Å². The smallest absolute Gasteiger partial charge is 0.249 e. The lowest BCUT2D eigenvalue weighted by Crippen LogP contribution is -2.55. The highest BCUT2D eigenvalue weighted by atomic mass is 19.1. The van der Waals surface area contributed by atoms with E-state index in [1.54, 1.807) is 15.9 Å². The highest BCUT2D eigenvalue weighted by Gasteiger charge is 2.36. The summed E-state index contributed by atoms with van der Waals surface area (Å²) in [6.45, 7) is 3.65. The minimum Gasteiger partial charge on any atom is -0.371 e. The van der Waals surface area contributed by atoms with E-state index in [1.807, 2.05) is 18.9 Å². The van der Waals surface area contributed by atoms with Crippen LogP contribution >= 0.6 is 0 Å². The molecule has 0 bridgehead atoms. The van der Waals surface area contributed by atoms with Gasteiger partial charge >= 0.3 is 0 Å². The highest BCUT2D eigenvalue weighted by Crippen LogP contribution is 2.34. The zero-order valence-corrected chi connectivity index (χ0v) is 14.3. The second kappa shape index (κ2) is 6.79. The summed E-state index contributed by atoms with van der Waals surface area (Å²) in [5.74, 6) is -0.426. The molecule has 2 aliphatic heterocycles. The monoisotopic (exact) mass is 333 g/mol. The van der Waals surface area contributed by atoms with Crippen molar-refractivity contribution in [2.24, 2.45) is 0 Å². The average molecular weight is 333 g/mol. The number of likely N-dealkylation sites (tertiary alicyclic amines) is 1. The van der Waals surface area contributed by atoms with Gasteiger partial charge < -0.3 is 14.7 Å². The molecule has 6 heteroatoms. The first-order valence-corrected chi connectivity index (χ1v) is 8.64. The van der Waals surface area contributed by atoms with Crippen LogP contribution in [0.25, 0.3) is 0 Å². The topological polar surface area (TPSA) is 43.9 Å². The Balaban J connectivity index is 1.91. The SMILES string of the molecule is CCC(=O)N1CCCC[C@@H]1C(=O)N1CCN(C)c2ccc(F)cc21. The summed E-state index contributed by atoms with van der Waals surface area (Å²) in [4.78, 5) is 30.7. The van der Waals surface area contributed by atoms with Gasteiger partial charge in [-0.1, -0.05) is 6.92 Å². The Kier molecular flexibility index (Phi) is 4.73. The quantitative estimate of drug-likeness (QED) is 0.835. The first-order chi connectivity index (χ1) is 11.5. The van der Waals surface area contributed by atoms with Gasteiger partial charge in [0.2, 0.25) is 11.8 Å². The number of anilines is 2. The van der Waals surface area contributed by atoms with Gasteiger partial charge in [-0.2, -0.15) is 0 Å². The summed E-state index contributed by atoms with van der Waals surface area (Å²) in [7, 11) is 1.94. The van der Waals surface area contributed by atoms with Gasteiger partial charge in [-0.25, -0.2) is 4.39 Å². The van der Waals surface area contributed by atoms with Gasteiger partial charge in [0, 0.05) is 33.1 Å². The van der Waals surface area contributed by atoms with E-state index in [0.29, 0.717) is 38.2 Å². The van der Waals surface area contributed by atoms with E-state index in [0.717, 1.165) is 18.5 Å². The molecule has 2 amide bonds. The average Bonchev–Trinajstić information content (AvgIpc) is 2.60. The van der Waals surface area contributed by atoms with Crippen LogP contribution in [0.5, 0.6) is 0 Å². The molecule has 1 aromatic carbocycles. The number of halogens is 1. The molecule has 1 fully saturated rings. The number of hydrogen-bond donors (Lipinski definition) is 0. The maximum absolute atomic E-state index is 13.7. The Labute approximate surface area is 142 Å². The molecule has 2 aliphatic rings. The molecule has 0 spiro atoms. The predicted molar refractivity (Wildman–Crippen MR) is 91.7 cm³/mol. The minimum atomic E-state index is -0.425. The number of amides is 2. The van der Waals surface area contributed by atoms with Gasteiger partial charge in [0.1, 0.15) is 11.9 Å². The predicted octanol–water partition coefficient (Wildman–Crippen LogP) is 2.40. The van der Waals surface area contributed by atoms with Crippen LogP contribution < -0.4 is 9.80 Å². The van der Waals surface area contributed by atoms with E-state index in [9.17, 15) is 14.0 Å². The fourth-order valence-electron chi connectivity index (χ4n) is 3.63. The summed E-state index contributed by atoms with van der Waals surface area (Å²) in [6, 6.07) is 4.11. The molecule has 2 heterocycles. The first-order valence-electron chi connectivity index (χ1n) is 8.64. The van der Waals surface area contributed by atoms with Gasteiger partial charge in [-0.05, 0) is 37.5 Å². The normalized spacial score (nSPS) is 20.8. The molecule has 24 heavy (non-hydrogen) atoms. The van der Waals surface area contributed by atoms with Crippen molar-refractivity contribution >= 4 is 23.2 Å². The van der Waals surface area contributed by atoms with Gasteiger partial charge in [-0.3, -0.25) is 9.59 Å². The molecule has 0 N–H and O–H groups in total. The molecule has 5 nitrogen and oxygen atoms in total. The van der Waals surface area contributed by atoms with E-state index < -0.39 is 6.04 Å². The highest BCUT2D eigenvalue weighted by molar-refractivity contribution is 6.02. The number of carbonyl (C=O) groups is 2. The van der Waals surface area contributed by atoms with Crippen LogP contribution in [-0.4, -0.2) is 49.4 Å². The molecule has 1 atom stereocenters. The lowest BCUT2D eigenvalue weighted by molar-refractivity contribution is -0.141.